The number of carbonyl (C=O) groups excluding carboxylic acids is 1. The van der Waals surface area contributed by atoms with Crippen molar-refractivity contribution in [3.63, 3.8) is 0 Å². The lowest BCUT2D eigenvalue weighted by Crippen LogP contribution is -2.03. The van der Waals surface area contributed by atoms with Crippen LogP contribution in [0, 0.1) is 0 Å². The maximum atomic E-state index is 12.6. The van der Waals surface area contributed by atoms with Gasteiger partial charge in [-0.2, -0.15) is 0 Å². The number of carbonyl (C=O) groups is 1. The summed E-state index contributed by atoms with van der Waals surface area (Å²) in [6, 6.07) is 21.9. The number of amides is 1. The van der Waals surface area contributed by atoms with E-state index in [2.05, 4.69) is 44.1 Å². The lowest BCUT2D eigenvalue weighted by atomic mass is 10.0. The zero-order chi connectivity index (χ0) is 20.0. The Labute approximate surface area is 181 Å². The molecule has 2 heterocycles. The highest BCUT2D eigenvalue weighted by molar-refractivity contribution is 9.10. The quantitative estimate of drug-likeness (QED) is 0.341. The summed E-state index contributed by atoms with van der Waals surface area (Å²) < 4.78 is 3.21. The van der Waals surface area contributed by atoms with Crippen molar-refractivity contribution in [1.82, 2.24) is 4.57 Å². The molecule has 0 fully saturated rings. The van der Waals surface area contributed by atoms with Gasteiger partial charge < -0.3 is 9.88 Å². The van der Waals surface area contributed by atoms with Crippen LogP contribution in [0.4, 0.5) is 5.69 Å². The van der Waals surface area contributed by atoms with Gasteiger partial charge in [0, 0.05) is 55.5 Å². The highest BCUT2D eigenvalue weighted by Crippen LogP contribution is 2.35. The van der Waals surface area contributed by atoms with Crippen LogP contribution in [0.1, 0.15) is 16.7 Å². The van der Waals surface area contributed by atoms with Gasteiger partial charge in [-0.15, -0.1) is 0 Å². The molecule has 0 radical (unpaired) electrons. The van der Waals surface area contributed by atoms with Gasteiger partial charge in [-0.05, 0) is 48.0 Å². The summed E-state index contributed by atoms with van der Waals surface area (Å²) in [5.74, 6) is -0.0696. The Balaban J connectivity index is 1.64. The van der Waals surface area contributed by atoms with Crippen LogP contribution in [-0.2, 0) is 11.3 Å². The second-order valence-corrected chi connectivity index (χ2v) is 8.41. The first-order valence-electron chi connectivity index (χ1n) is 9.24. The van der Waals surface area contributed by atoms with Crippen molar-refractivity contribution >= 4 is 61.7 Å². The van der Waals surface area contributed by atoms with Gasteiger partial charge >= 0.3 is 0 Å². The third-order valence-electron chi connectivity index (χ3n) is 5.15. The molecule has 1 aliphatic rings. The Morgan fingerprint density at radius 2 is 1.83 bits per heavy atom. The van der Waals surface area contributed by atoms with Crippen LogP contribution in [0.3, 0.4) is 0 Å². The minimum atomic E-state index is -0.0696. The number of aromatic nitrogens is 1. The van der Waals surface area contributed by atoms with E-state index in [-0.39, 0.29) is 5.91 Å². The van der Waals surface area contributed by atoms with Gasteiger partial charge in [0.15, 0.2) is 0 Å². The van der Waals surface area contributed by atoms with Gasteiger partial charge in [0.25, 0.3) is 5.91 Å². The molecule has 0 spiro atoms. The van der Waals surface area contributed by atoms with E-state index in [1.54, 1.807) is 0 Å². The summed E-state index contributed by atoms with van der Waals surface area (Å²) in [4.78, 5) is 12.6. The van der Waals surface area contributed by atoms with Crippen molar-refractivity contribution in [2.45, 2.75) is 6.54 Å². The maximum Gasteiger partial charge on any atom is 0.256 e. The van der Waals surface area contributed by atoms with Crippen molar-refractivity contribution in [3.05, 3.63) is 99.1 Å². The van der Waals surface area contributed by atoms with E-state index < -0.39 is 0 Å². The topological polar surface area (TPSA) is 34.0 Å². The van der Waals surface area contributed by atoms with Gasteiger partial charge in [0.05, 0.1) is 0 Å². The molecule has 5 rings (SSSR count). The minimum Gasteiger partial charge on any atom is -0.342 e. The zero-order valence-corrected chi connectivity index (χ0v) is 17.7. The molecule has 1 amide bonds. The second kappa shape index (κ2) is 7.21. The van der Waals surface area contributed by atoms with Gasteiger partial charge in [-0.25, -0.2) is 0 Å². The molecule has 1 aliphatic heterocycles. The average molecular weight is 464 g/mol. The third kappa shape index (κ3) is 3.39. The zero-order valence-electron chi connectivity index (χ0n) is 15.3. The number of fused-ring (bicyclic) bond motifs is 2. The Bertz CT molecular complexity index is 1290. The molecule has 142 valence electrons. The number of benzene rings is 3. The first kappa shape index (κ1) is 18.2. The fraction of sp³-hybridized carbons (Fsp3) is 0.0417. The molecule has 29 heavy (non-hydrogen) atoms. The van der Waals surface area contributed by atoms with E-state index in [1.165, 1.54) is 0 Å². The van der Waals surface area contributed by atoms with Gasteiger partial charge in [-0.1, -0.05) is 57.9 Å². The summed E-state index contributed by atoms with van der Waals surface area (Å²) in [5, 5.41) is 4.77. The highest BCUT2D eigenvalue weighted by atomic mass is 79.9. The molecule has 0 unspecified atom stereocenters. The number of para-hydroxylation sites is 1. The van der Waals surface area contributed by atoms with Crippen molar-refractivity contribution < 1.29 is 4.79 Å². The summed E-state index contributed by atoms with van der Waals surface area (Å²) in [7, 11) is 0. The SMILES string of the molecule is O=C1Nc2ccccc2C1=Cc1cn(Cc2ccc(Cl)cc2)c2ccc(Br)cc12. The van der Waals surface area contributed by atoms with Crippen LogP contribution in [-0.4, -0.2) is 10.5 Å². The lowest BCUT2D eigenvalue weighted by Gasteiger charge is -2.06. The van der Waals surface area contributed by atoms with Gasteiger partial charge in [0.1, 0.15) is 0 Å². The number of nitrogens with zero attached hydrogens (tertiary/aromatic N) is 1. The smallest absolute Gasteiger partial charge is 0.256 e. The predicted molar refractivity (Wildman–Crippen MR) is 123 cm³/mol. The van der Waals surface area contributed by atoms with E-state index >= 15 is 0 Å². The van der Waals surface area contributed by atoms with Crippen LogP contribution >= 0.6 is 27.5 Å². The molecule has 0 saturated heterocycles. The van der Waals surface area contributed by atoms with E-state index in [9.17, 15) is 4.79 Å². The molecule has 0 bridgehead atoms. The van der Waals surface area contributed by atoms with Crippen LogP contribution < -0.4 is 5.32 Å². The van der Waals surface area contributed by atoms with Crippen molar-refractivity contribution in [2.75, 3.05) is 5.32 Å². The Kier molecular flexibility index (Phi) is 4.53. The number of hydrogen-bond donors (Lipinski definition) is 1. The Hall–Kier alpha value is -2.82. The lowest BCUT2D eigenvalue weighted by molar-refractivity contribution is -0.110. The standard InChI is InChI=1S/C24H16BrClN2O/c25-17-7-10-23-20(12-17)16(14-28(23)13-15-5-8-18(26)9-6-15)11-21-19-3-1-2-4-22(19)27-24(21)29/h1-12,14H,13H2,(H,27,29). The largest absolute Gasteiger partial charge is 0.342 e. The van der Waals surface area contributed by atoms with Crippen molar-refractivity contribution in [3.8, 4) is 0 Å². The first-order valence-corrected chi connectivity index (χ1v) is 10.4. The van der Waals surface area contributed by atoms with Crippen molar-refractivity contribution in [1.29, 1.82) is 0 Å². The Morgan fingerprint density at radius 1 is 1.03 bits per heavy atom. The minimum absolute atomic E-state index is 0.0696. The molecule has 3 nitrogen and oxygen atoms in total. The number of rotatable bonds is 3. The Morgan fingerprint density at radius 3 is 2.66 bits per heavy atom. The molecule has 1 N–H and O–H groups in total. The molecular weight excluding hydrogens is 448 g/mol. The fourth-order valence-electron chi connectivity index (χ4n) is 3.77. The normalized spacial score (nSPS) is 14.4. The molecular formula is C24H16BrClN2O. The number of hydrogen-bond acceptors (Lipinski definition) is 1. The molecule has 0 atom stereocenters. The van der Waals surface area contributed by atoms with Gasteiger partial charge in [0.2, 0.25) is 0 Å². The van der Waals surface area contributed by atoms with Crippen LogP contribution in [0.2, 0.25) is 5.02 Å². The van der Waals surface area contributed by atoms with E-state index in [4.69, 9.17) is 11.6 Å². The van der Waals surface area contributed by atoms with E-state index in [0.29, 0.717) is 5.57 Å². The molecule has 0 aliphatic carbocycles. The first-order chi connectivity index (χ1) is 14.1. The molecule has 4 aromatic rings. The molecule has 3 aromatic carbocycles. The van der Waals surface area contributed by atoms with Crippen molar-refractivity contribution in [2.24, 2.45) is 0 Å². The predicted octanol–water partition coefficient (Wildman–Crippen LogP) is 6.60. The fourth-order valence-corrected chi connectivity index (χ4v) is 4.25. The van der Waals surface area contributed by atoms with E-state index in [0.717, 1.165) is 49.3 Å². The van der Waals surface area contributed by atoms with Gasteiger partial charge in [-0.3, -0.25) is 4.79 Å². The molecule has 5 heteroatoms. The monoisotopic (exact) mass is 462 g/mol. The number of anilines is 1. The van der Waals surface area contributed by atoms with Crippen LogP contribution in [0.25, 0.3) is 22.6 Å². The van der Waals surface area contributed by atoms with Crippen LogP contribution in [0.5, 0.6) is 0 Å². The number of halogens is 2. The third-order valence-corrected chi connectivity index (χ3v) is 5.90. The summed E-state index contributed by atoms with van der Waals surface area (Å²) in [6.45, 7) is 0.723. The van der Waals surface area contributed by atoms with E-state index in [1.807, 2.05) is 60.7 Å². The molecule has 1 aromatic heterocycles. The highest BCUT2D eigenvalue weighted by Gasteiger charge is 2.24. The summed E-state index contributed by atoms with van der Waals surface area (Å²) in [5.41, 5.74) is 5.77. The number of nitrogens with one attached hydrogen (secondary N) is 1. The van der Waals surface area contributed by atoms with Crippen LogP contribution in [0.15, 0.2) is 77.4 Å². The molecule has 0 saturated carbocycles. The second-order valence-electron chi connectivity index (χ2n) is 7.06. The maximum absolute atomic E-state index is 12.6. The summed E-state index contributed by atoms with van der Waals surface area (Å²) in [6.07, 6.45) is 4.08. The summed E-state index contributed by atoms with van der Waals surface area (Å²) >= 11 is 9.60. The average Bonchev–Trinajstić information content (AvgIpc) is 3.21.